The second-order valence-corrected chi connectivity index (χ2v) is 13.2. The molecule has 2 amide bonds. The fourth-order valence-electron chi connectivity index (χ4n) is 5.48. The van der Waals surface area contributed by atoms with E-state index in [4.69, 9.17) is 11.6 Å². The van der Waals surface area contributed by atoms with Crippen LogP contribution in [0.1, 0.15) is 55.7 Å². The van der Waals surface area contributed by atoms with Crippen LogP contribution < -0.4 is 9.62 Å². The largest absolute Gasteiger partial charge is 0.352 e. The lowest BCUT2D eigenvalue weighted by atomic mass is 10.1. The first-order valence-corrected chi connectivity index (χ1v) is 16.4. The summed E-state index contributed by atoms with van der Waals surface area (Å²) in [6.07, 6.45) is 4.93. The van der Waals surface area contributed by atoms with Crippen LogP contribution in [0.25, 0.3) is 0 Å². The van der Waals surface area contributed by atoms with Crippen molar-refractivity contribution < 1.29 is 18.0 Å². The van der Waals surface area contributed by atoms with Crippen molar-refractivity contribution in [1.29, 1.82) is 0 Å². The summed E-state index contributed by atoms with van der Waals surface area (Å²) >= 11 is 6.42. The van der Waals surface area contributed by atoms with Crippen molar-refractivity contribution in [2.45, 2.75) is 76.3 Å². The van der Waals surface area contributed by atoms with Gasteiger partial charge in [0, 0.05) is 17.6 Å². The Morgan fingerprint density at radius 1 is 0.952 bits per heavy atom. The Morgan fingerprint density at radius 3 is 2.26 bits per heavy atom. The van der Waals surface area contributed by atoms with E-state index in [9.17, 15) is 18.0 Å². The topological polar surface area (TPSA) is 86.8 Å². The van der Waals surface area contributed by atoms with Crippen molar-refractivity contribution >= 4 is 39.1 Å². The number of carbonyl (C=O) groups is 2. The van der Waals surface area contributed by atoms with E-state index >= 15 is 0 Å². The first-order chi connectivity index (χ1) is 20.1. The fraction of sp³-hybridized carbons (Fsp3) is 0.394. The van der Waals surface area contributed by atoms with Gasteiger partial charge in [0.15, 0.2) is 0 Å². The van der Waals surface area contributed by atoms with E-state index in [1.54, 1.807) is 54.3 Å². The van der Waals surface area contributed by atoms with E-state index in [0.717, 1.165) is 41.1 Å². The van der Waals surface area contributed by atoms with Gasteiger partial charge in [0.25, 0.3) is 10.0 Å². The molecular formula is C33H40ClN3O4S. The van der Waals surface area contributed by atoms with Gasteiger partial charge in [-0.05, 0) is 74.9 Å². The van der Waals surface area contributed by atoms with Crippen LogP contribution in [0.4, 0.5) is 5.69 Å². The van der Waals surface area contributed by atoms with Crippen LogP contribution in [0, 0.1) is 13.8 Å². The molecule has 1 aliphatic rings. The zero-order valence-corrected chi connectivity index (χ0v) is 26.1. The second-order valence-electron chi connectivity index (χ2n) is 10.9. The molecule has 0 aliphatic heterocycles. The third-order valence-corrected chi connectivity index (χ3v) is 10.2. The minimum Gasteiger partial charge on any atom is -0.352 e. The molecule has 0 radical (unpaired) electrons. The third kappa shape index (κ3) is 7.53. The quantitative estimate of drug-likeness (QED) is 0.270. The normalized spacial score (nSPS) is 14.4. The van der Waals surface area contributed by atoms with Gasteiger partial charge < -0.3 is 10.2 Å². The average Bonchev–Trinajstić information content (AvgIpc) is 3.49. The SMILES string of the molecule is CC[C@@H](C(=O)NC1CCCC1)N(CCc1ccccc1)C(=O)CN(c1cccc(Cl)c1C)S(=O)(=O)c1ccc(C)cc1. The Hall–Kier alpha value is -3.36. The van der Waals surface area contributed by atoms with Crippen LogP contribution in [0.5, 0.6) is 0 Å². The van der Waals surface area contributed by atoms with Gasteiger partial charge in [0.05, 0.1) is 10.6 Å². The minimum absolute atomic E-state index is 0.0714. The van der Waals surface area contributed by atoms with Crippen molar-refractivity contribution in [3.8, 4) is 0 Å². The maximum absolute atomic E-state index is 14.2. The zero-order chi connectivity index (χ0) is 30.3. The summed E-state index contributed by atoms with van der Waals surface area (Å²) in [4.78, 5) is 29.4. The molecule has 0 heterocycles. The van der Waals surface area contributed by atoms with Crippen LogP contribution in [-0.2, 0) is 26.0 Å². The summed E-state index contributed by atoms with van der Waals surface area (Å²) in [5.41, 5.74) is 2.81. The first kappa shape index (κ1) is 31.6. The molecule has 0 bridgehead atoms. The molecule has 9 heteroatoms. The molecule has 1 N–H and O–H groups in total. The summed E-state index contributed by atoms with van der Waals surface area (Å²) in [5, 5.41) is 3.54. The van der Waals surface area contributed by atoms with Crippen LogP contribution in [0.2, 0.25) is 5.02 Å². The van der Waals surface area contributed by atoms with Gasteiger partial charge in [-0.15, -0.1) is 0 Å². The molecule has 0 aromatic heterocycles. The Kier molecular flexibility index (Phi) is 10.7. The number of anilines is 1. The number of nitrogens with one attached hydrogen (secondary N) is 1. The Morgan fingerprint density at radius 2 is 1.62 bits per heavy atom. The van der Waals surface area contributed by atoms with E-state index in [-0.39, 0.29) is 23.4 Å². The first-order valence-electron chi connectivity index (χ1n) is 14.6. The molecule has 224 valence electrons. The average molecular weight is 610 g/mol. The number of halogens is 1. The number of sulfonamides is 1. The predicted molar refractivity (Wildman–Crippen MR) is 168 cm³/mol. The van der Waals surface area contributed by atoms with E-state index in [2.05, 4.69) is 5.32 Å². The van der Waals surface area contributed by atoms with Crippen LogP contribution in [0.15, 0.2) is 77.7 Å². The lowest BCUT2D eigenvalue weighted by molar-refractivity contribution is -0.139. The van der Waals surface area contributed by atoms with Crippen molar-refractivity contribution in [2.75, 3.05) is 17.4 Å². The third-order valence-electron chi connectivity index (χ3n) is 7.97. The molecule has 0 saturated heterocycles. The molecule has 1 aliphatic carbocycles. The molecule has 3 aromatic carbocycles. The van der Waals surface area contributed by atoms with Gasteiger partial charge in [-0.25, -0.2) is 8.42 Å². The zero-order valence-electron chi connectivity index (χ0n) is 24.6. The summed E-state index contributed by atoms with van der Waals surface area (Å²) in [5.74, 6) is -0.646. The highest BCUT2D eigenvalue weighted by atomic mass is 35.5. The molecule has 4 rings (SSSR count). The number of rotatable bonds is 12. The fourth-order valence-corrected chi connectivity index (χ4v) is 7.12. The summed E-state index contributed by atoms with van der Waals surface area (Å²) in [6.45, 7) is 5.29. The summed E-state index contributed by atoms with van der Waals surface area (Å²) < 4.78 is 29.3. The van der Waals surface area contributed by atoms with Crippen molar-refractivity contribution in [2.24, 2.45) is 0 Å². The van der Waals surface area contributed by atoms with E-state index in [1.165, 1.54) is 0 Å². The molecule has 1 atom stereocenters. The van der Waals surface area contributed by atoms with Crippen LogP contribution in [0.3, 0.4) is 0 Å². The molecule has 3 aromatic rings. The maximum Gasteiger partial charge on any atom is 0.264 e. The van der Waals surface area contributed by atoms with Gasteiger partial charge in [-0.3, -0.25) is 13.9 Å². The van der Waals surface area contributed by atoms with Gasteiger partial charge in [-0.2, -0.15) is 0 Å². The molecule has 1 saturated carbocycles. The molecule has 42 heavy (non-hydrogen) atoms. The van der Waals surface area contributed by atoms with Crippen molar-refractivity contribution in [3.63, 3.8) is 0 Å². The Labute approximate surface area is 254 Å². The number of aryl methyl sites for hydroxylation is 1. The van der Waals surface area contributed by atoms with Gasteiger partial charge in [0.2, 0.25) is 11.8 Å². The Balaban J connectivity index is 1.70. The monoisotopic (exact) mass is 609 g/mol. The van der Waals surface area contributed by atoms with Gasteiger partial charge in [-0.1, -0.05) is 85.5 Å². The number of nitrogens with zero attached hydrogens (tertiary/aromatic N) is 2. The van der Waals surface area contributed by atoms with Crippen molar-refractivity contribution in [1.82, 2.24) is 10.2 Å². The van der Waals surface area contributed by atoms with Gasteiger partial charge >= 0.3 is 0 Å². The van der Waals surface area contributed by atoms with Crippen LogP contribution in [-0.4, -0.2) is 50.3 Å². The Bertz CT molecular complexity index is 1470. The highest BCUT2D eigenvalue weighted by Crippen LogP contribution is 2.31. The predicted octanol–water partition coefficient (Wildman–Crippen LogP) is 6.06. The van der Waals surface area contributed by atoms with Crippen LogP contribution >= 0.6 is 11.6 Å². The van der Waals surface area contributed by atoms with E-state index in [0.29, 0.717) is 29.1 Å². The lowest BCUT2D eigenvalue weighted by Gasteiger charge is -2.34. The van der Waals surface area contributed by atoms with Crippen molar-refractivity contribution in [3.05, 3.63) is 94.5 Å². The minimum atomic E-state index is -4.15. The standard InChI is InChI=1S/C33H40ClN3O4S/c1-4-30(33(39)35-27-13-8-9-14-27)36(22-21-26-11-6-5-7-12-26)32(38)23-37(31-16-10-15-29(34)25(31)3)42(40,41)28-19-17-24(2)18-20-28/h5-7,10-12,15-20,27,30H,4,8-9,13-14,21-23H2,1-3H3,(H,35,39)/t30-/m0/s1. The van der Waals surface area contributed by atoms with Gasteiger partial charge in [0.1, 0.15) is 12.6 Å². The second kappa shape index (κ2) is 14.2. The molecule has 0 spiro atoms. The number of amides is 2. The van der Waals surface area contributed by atoms with E-state index in [1.807, 2.05) is 44.2 Å². The molecule has 7 nitrogen and oxygen atoms in total. The smallest absolute Gasteiger partial charge is 0.264 e. The maximum atomic E-state index is 14.2. The number of carbonyl (C=O) groups excluding carboxylic acids is 2. The molecule has 1 fully saturated rings. The molecular weight excluding hydrogens is 570 g/mol. The number of benzene rings is 3. The summed E-state index contributed by atoms with van der Waals surface area (Å²) in [7, 11) is -4.15. The van der Waals surface area contributed by atoms with E-state index < -0.39 is 28.5 Å². The number of hydrogen-bond acceptors (Lipinski definition) is 4. The molecule has 0 unspecified atom stereocenters. The highest BCUT2D eigenvalue weighted by molar-refractivity contribution is 7.92. The highest BCUT2D eigenvalue weighted by Gasteiger charge is 2.35. The number of hydrogen-bond donors (Lipinski definition) is 1. The lowest BCUT2D eigenvalue weighted by Crippen LogP contribution is -2.54. The summed E-state index contributed by atoms with van der Waals surface area (Å²) in [6, 6.07) is 20.7.